The van der Waals surface area contributed by atoms with Crippen LogP contribution in [0.15, 0.2) is 12.1 Å². The Morgan fingerprint density at radius 3 is 2.37 bits per heavy atom. The minimum Gasteiger partial charge on any atom is -0.493 e. The molecule has 2 rings (SSSR count). The van der Waals surface area contributed by atoms with Gasteiger partial charge in [-0.2, -0.15) is 0 Å². The van der Waals surface area contributed by atoms with Crippen LogP contribution in [0.1, 0.15) is 26.2 Å². The van der Waals surface area contributed by atoms with E-state index in [2.05, 4.69) is 11.8 Å². The van der Waals surface area contributed by atoms with Crippen molar-refractivity contribution >= 4 is 11.4 Å². The lowest BCUT2D eigenvalue weighted by Gasteiger charge is -2.26. The van der Waals surface area contributed by atoms with Crippen LogP contribution in [0, 0.1) is 5.92 Å². The van der Waals surface area contributed by atoms with E-state index in [-0.39, 0.29) is 0 Å². The minimum absolute atomic E-state index is 0.687. The number of methoxy groups -OCH3 is 2. The van der Waals surface area contributed by atoms with Gasteiger partial charge in [0.15, 0.2) is 11.5 Å². The summed E-state index contributed by atoms with van der Waals surface area (Å²) < 4.78 is 10.7. The molecule has 0 atom stereocenters. The van der Waals surface area contributed by atoms with Crippen LogP contribution in [0.3, 0.4) is 0 Å². The Morgan fingerprint density at radius 1 is 1.21 bits per heavy atom. The quantitative estimate of drug-likeness (QED) is 0.769. The Kier molecular flexibility index (Phi) is 4.40. The lowest BCUT2D eigenvalue weighted by atomic mass is 10.2. The molecule has 106 valence electrons. The third kappa shape index (κ3) is 3.25. The number of anilines is 2. The summed E-state index contributed by atoms with van der Waals surface area (Å²) >= 11 is 0. The van der Waals surface area contributed by atoms with E-state index in [1.807, 2.05) is 12.1 Å². The summed E-state index contributed by atoms with van der Waals surface area (Å²) in [5.41, 5.74) is 7.99. The van der Waals surface area contributed by atoms with Crippen molar-refractivity contribution in [2.24, 2.45) is 5.92 Å². The molecule has 1 aromatic rings. The average molecular weight is 264 g/mol. The molecule has 4 nitrogen and oxygen atoms in total. The highest BCUT2D eigenvalue weighted by molar-refractivity contribution is 5.73. The Hall–Kier alpha value is -1.58. The van der Waals surface area contributed by atoms with Gasteiger partial charge in [0, 0.05) is 25.2 Å². The third-order valence-corrected chi connectivity index (χ3v) is 3.54. The van der Waals surface area contributed by atoms with Crippen molar-refractivity contribution in [3.63, 3.8) is 0 Å². The molecule has 19 heavy (non-hydrogen) atoms. The zero-order chi connectivity index (χ0) is 13.8. The van der Waals surface area contributed by atoms with Gasteiger partial charge in [-0.15, -0.1) is 0 Å². The van der Waals surface area contributed by atoms with Gasteiger partial charge in [-0.25, -0.2) is 0 Å². The predicted octanol–water partition coefficient (Wildman–Crippen LogP) is 2.91. The summed E-state index contributed by atoms with van der Waals surface area (Å²) in [5, 5.41) is 0. The van der Waals surface area contributed by atoms with Crippen molar-refractivity contribution in [1.82, 2.24) is 0 Å². The highest BCUT2D eigenvalue weighted by Gasteiger charge is 2.25. The van der Waals surface area contributed by atoms with E-state index >= 15 is 0 Å². The second-order valence-electron chi connectivity index (χ2n) is 5.16. The maximum Gasteiger partial charge on any atom is 0.162 e. The third-order valence-electron chi connectivity index (χ3n) is 3.54. The molecular formula is C15H24N2O2. The fourth-order valence-corrected chi connectivity index (χ4v) is 2.35. The zero-order valence-electron chi connectivity index (χ0n) is 12.1. The van der Waals surface area contributed by atoms with E-state index < -0.39 is 0 Å². The van der Waals surface area contributed by atoms with Crippen molar-refractivity contribution in [2.75, 3.05) is 37.9 Å². The average Bonchev–Trinajstić information content (AvgIpc) is 3.22. The van der Waals surface area contributed by atoms with Crippen LogP contribution >= 0.6 is 0 Å². The summed E-state index contributed by atoms with van der Waals surface area (Å²) in [4.78, 5) is 2.37. The first-order valence-corrected chi connectivity index (χ1v) is 6.96. The fraction of sp³-hybridized carbons (Fsp3) is 0.600. The molecule has 1 aliphatic carbocycles. The molecule has 0 aromatic heterocycles. The van der Waals surface area contributed by atoms with Gasteiger partial charge in [-0.1, -0.05) is 6.92 Å². The first-order valence-electron chi connectivity index (χ1n) is 6.96. The van der Waals surface area contributed by atoms with Gasteiger partial charge in [-0.3, -0.25) is 0 Å². The molecule has 0 aliphatic heterocycles. The number of hydrogen-bond acceptors (Lipinski definition) is 4. The second-order valence-corrected chi connectivity index (χ2v) is 5.16. The number of ether oxygens (including phenoxy) is 2. The van der Waals surface area contributed by atoms with Gasteiger partial charge in [0.1, 0.15) is 0 Å². The summed E-state index contributed by atoms with van der Waals surface area (Å²) in [6, 6.07) is 3.84. The van der Waals surface area contributed by atoms with Crippen molar-refractivity contribution in [2.45, 2.75) is 26.2 Å². The van der Waals surface area contributed by atoms with Gasteiger partial charge in [0.05, 0.1) is 25.6 Å². The largest absolute Gasteiger partial charge is 0.493 e. The van der Waals surface area contributed by atoms with Crippen LogP contribution in [-0.2, 0) is 0 Å². The molecule has 0 bridgehead atoms. The summed E-state index contributed by atoms with van der Waals surface area (Å²) in [7, 11) is 3.29. The number of nitrogens with zero attached hydrogens (tertiary/aromatic N) is 1. The minimum atomic E-state index is 0.687. The zero-order valence-corrected chi connectivity index (χ0v) is 12.1. The van der Waals surface area contributed by atoms with Gasteiger partial charge >= 0.3 is 0 Å². The molecule has 2 N–H and O–H groups in total. The van der Waals surface area contributed by atoms with E-state index in [0.29, 0.717) is 5.75 Å². The van der Waals surface area contributed by atoms with Crippen LogP contribution in [0.5, 0.6) is 11.5 Å². The maximum absolute atomic E-state index is 6.17. The van der Waals surface area contributed by atoms with Crippen LogP contribution in [0.2, 0.25) is 0 Å². The first-order chi connectivity index (χ1) is 9.19. The monoisotopic (exact) mass is 264 g/mol. The number of rotatable bonds is 7. The summed E-state index contributed by atoms with van der Waals surface area (Å²) in [6.45, 7) is 4.31. The van der Waals surface area contributed by atoms with Crippen LogP contribution in [0.4, 0.5) is 11.4 Å². The maximum atomic E-state index is 6.17. The SMILES string of the molecule is CCCN(CC1CC1)c1cc(OC)c(OC)cc1N. The summed E-state index contributed by atoms with van der Waals surface area (Å²) in [6.07, 6.45) is 3.79. The topological polar surface area (TPSA) is 47.7 Å². The van der Waals surface area contributed by atoms with Crippen LogP contribution in [0.25, 0.3) is 0 Å². The molecule has 0 unspecified atom stereocenters. The molecule has 0 amide bonds. The number of hydrogen-bond donors (Lipinski definition) is 1. The van der Waals surface area contributed by atoms with Crippen molar-refractivity contribution < 1.29 is 9.47 Å². The lowest BCUT2D eigenvalue weighted by Crippen LogP contribution is -2.27. The van der Waals surface area contributed by atoms with Gasteiger partial charge in [0.25, 0.3) is 0 Å². The standard InChI is InChI=1S/C15H24N2O2/c1-4-7-17(10-11-5-6-11)13-9-15(19-3)14(18-2)8-12(13)16/h8-9,11H,4-7,10,16H2,1-3H3. The molecule has 1 saturated carbocycles. The van der Waals surface area contributed by atoms with E-state index in [4.69, 9.17) is 15.2 Å². The smallest absolute Gasteiger partial charge is 0.162 e. The van der Waals surface area contributed by atoms with Gasteiger partial charge in [-0.05, 0) is 25.2 Å². The number of benzene rings is 1. The van der Waals surface area contributed by atoms with Crippen molar-refractivity contribution in [3.8, 4) is 11.5 Å². The Balaban J connectivity index is 2.28. The van der Waals surface area contributed by atoms with E-state index in [9.17, 15) is 0 Å². The fourth-order valence-electron chi connectivity index (χ4n) is 2.35. The molecule has 4 heteroatoms. The van der Waals surface area contributed by atoms with Crippen molar-refractivity contribution in [3.05, 3.63) is 12.1 Å². The molecule has 0 heterocycles. The molecule has 0 spiro atoms. The normalized spacial score (nSPS) is 14.3. The molecule has 0 saturated heterocycles. The van der Waals surface area contributed by atoms with Gasteiger partial charge in [0.2, 0.25) is 0 Å². The van der Waals surface area contributed by atoms with E-state index in [1.54, 1.807) is 14.2 Å². The Bertz CT molecular complexity index is 430. The van der Waals surface area contributed by atoms with Crippen molar-refractivity contribution in [1.29, 1.82) is 0 Å². The second kappa shape index (κ2) is 6.04. The number of nitrogens with two attached hydrogens (primary N) is 1. The molecule has 1 aliphatic rings. The predicted molar refractivity (Wildman–Crippen MR) is 79.2 cm³/mol. The van der Waals surface area contributed by atoms with E-state index in [0.717, 1.165) is 42.6 Å². The van der Waals surface area contributed by atoms with Gasteiger partial charge < -0.3 is 20.1 Å². The molecule has 0 radical (unpaired) electrons. The number of nitrogen functional groups attached to an aromatic ring is 1. The molecule has 1 aromatic carbocycles. The summed E-state index contributed by atoms with van der Waals surface area (Å²) in [5.74, 6) is 2.26. The molecular weight excluding hydrogens is 240 g/mol. The molecule has 1 fully saturated rings. The Morgan fingerprint density at radius 2 is 1.84 bits per heavy atom. The lowest BCUT2D eigenvalue weighted by molar-refractivity contribution is 0.355. The first kappa shape index (κ1) is 13.8. The highest BCUT2D eigenvalue weighted by Crippen LogP contribution is 2.39. The van der Waals surface area contributed by atoms with Crippen LogP contribution in [-0.4, -0.2) is 27.3 Å². The van der Waals surface area contributed by atoms with Crippen LogP contribution < -0.4 is 20.1 Å². The highest BCUT2D eigenvalue weighted by atomic mass is 16.5. The Labute approximate surface area is 115 Å². The van der Waals surface area contributed by atoms with E-state index in [1.165, 1.54) is 12.8 Å².